The van der Waals surface area contributed by atoms with Gasteiger partial charge < -0.3 is 15.4 Å². The standard InChI is InChI=1S/C19H27ClN4O3S/c1-12-7-14(11-28(3,25)26)9-15(20)18(12)16-10-27-6-4-5-24(16)17-8-13(2)22-19(21)23-17/h7-9,12,16,18H,4-6,10-11H2,1-3H3,(H2,21,22,23)/t12?,16-,18?/m0/s1. The number of nitrogens with two attached hydrogens (primary N) is 1. The minimum Gasteiger partial charge on any atom is -0.379 e. The number of halogens is 1. The van der Waals surface area contributed by atoms with E-state index >= 15 is 0 Å². The van der Waals surface area contributed by atoms with Crippen LogP contribution in [0.3, 0.4) is 0 Å². The summed E-state index contributed by atoms with van der Waals surface area (Å²) in [4.78, 5) is 10.8. The van der Waals surface area contributed by atoms with Gasteiger partial charge in [-0.05, 0) is 30.9 Å². The summed E-state index contributed by atoms with van der Waals surface area (Å²) in [6, 6.07) is 1.89. The first-order valence-electron chi connectivity index (χ1n) is 9.35. The Kier molecular flexibility index (Phi) is 6.31. The molecule has 3 atom stereocenters. The maximum absolute atomic E-state index is 11.7. The number of nitrogens with zero attached hydrogens (tertiary/aromatic N) is 3. The number of aryl methyl sites for hydroxylation is 1. The molecule has 0 spiro atoms. The summed E-state index contributed by atoms with van der Waals surface area (Å²) in [5.41, 5.74) is 7.42. The summed E-state index contributed by atoms with van der Waals surface area (Å²) < 4.78 is 29.2. The second-order valence-electron chi connectivity index (χ2n) is 7.64. The van der Waals surface area contributed by atoms with Gasteiger partial charge in [0.2, 0.25) is 5.95 Å². The van der Waals surface area contributed by atoms with Crippen LogP contribution in [-0.4, -0.2) is 56.2 Å². The zero-order valence-corrected chi connectivity index (χ0v) is 18.0. The highest BCUT2D eigenvalue weighted by atomic mass is 35.5. The Bertz CT molecular complexity index is 880. The number of sulfone groups is 1. The Morgan fingerprint density at radius 1 is 1.39 bits per heavy atom. The smallest absolute Gasteiger partial charge is 0.222 e. The van der Waals surface area contributed by atoms with Gasteiger partial charge in [-0.1, -0.05) is 24.6 Å². The molecule has 28 heavy (non-hydrogen) atoms. The van der Waals surface area contributed by atoms with E-state index in [-0.39, 0.29) is 29.6 Å². The van der Waals surface area contributed by atoms with Crippen LogP contribution >= 0.6 is 11.6 Å². The molecule has 7 nitrogen and oxygen atoms in total. The van der Waals surface area contributed by atoms with Gasteiger partial charge in [0.05, 0.1) is 18.4 Å². The van der Waals surface area contributed by atoms with E-state index in [0.29, 0.717) is 18.2 Å². The lowest BCUT2D eigenvalue weighted by Gasteiger charge is -2.39. The molecule has 1 fully saturated rings. The van der Waals surface area contributed by atoms with Crippen LogP contribution in [0.5, 0.6) is 0 Å². The summed E-state index contributed by atoms with van der Waals surface area (Å²) >= 11 is 6.69. The molecule has 0 saturated carbocycles. The zero-order valence-electron chi connectivity index (χ0n) is 16.4. The molecule has 0 bridgehead atoms. The molecule has 154 valence electrons. The van der Waals surface area contributed by atoms with Gasteiger partial charge in [-0.15, -0.1) is 0 Å². The Hall–Kier alpha value is -1.64. The Labute approximate surface area is 171 Å². The molecule has 2 aliphatic rings. The fourth-order valence-corrected chi connectivity index (χ4v) is 5.31. The summed E-state index contributed by atoms with van der Waals surface area (Å²) in [5.74, 6) is 1.03. The van der Waals surface area contributed by atoms with Crippen molar-refractivity contribution in [1.29, 1.82) is 0 Å². The third kappa shape index (κ3) is 5.04. The van der Waals surface area contributed by atoms with Crippen LogP contribution in [0.1, 0.15) is 19.0 Å². The molecule has 2 N–H and O–H groups in total. The lowest BCUT2D eigenvalue weighted by atomic mass is 9.81. The van der Waals surface area contributed by atoms with E-state index in [2.05, 4.69) is 21.8 Å². The normalized spacial score (nSPS) is 26.4. The summed E-state index contributed by atoms with van der Waals surface area (Å²) in [6.45, 7) is 5.90. The van der Waals surface area contributed by atoms with Gasteiger partial charge in [-0.25, -0.2) is 13.4 Å². The number of nitrogen functional groups attached to an aromatic ring is 1. The number of hydrogen-bond acceptors (Lipinski definition) is 7. The average molecular weight is 427 g/mol. The maximum atomic E-state index is 11.7. The molecule has 1 aliphatic carbocycles. The fraction of sp³-hybridized carbons (Fsp3) is 0.579. The van der Waals surface area contributed by atoms with E-state index in [0.717, 1.165) is 30.1 Å². The Morgan fingerprint density at radius 3 is 2.79 bits per heavy atom. The average Bonchev–Trinajstić information content (AvgIpc) is 2.77. The predicted octanol–water partition coefficient (Wildman–Crippen LogP) is 2.32. The minimum absolute atomic E-state index is 0.00714. The Morgan fingerprint density at radius 2 is 2.14 bits per heavy atom. The highest BCUT2D eigenvalue weighted by molar-refractivity contribution is 7.90. The molecule has 2 unspecified atom stereocenters. The monoisotopic (exact) mass is 426 g/mol. The van der Waals surface area contributed by atoms with E-state index < -0.39 is 9.84 Å². The number of allylic oxidation sites excluding steroid dienone is 2. The summed E-state index contributed by atoms with van der Waals surface area (Å²) in [6.07, 6.45) is 5.89. The van der Waals surface area contributed by atoms with Gasteiger partial charge in [-0.2, -0.15) is 4.98 Å². The number of rotatable bonds is 4. The van der Waals surface area contributed by atoms with Gasteiger partial charge in [0.15, 0.2) is 9.84 Å². The van der Waals surface area contributed by atoms with E-state index in [4.69, 9.17) is 22.1 Å². The number of hydrogen-bond donors (Lipinski definition) is 1. The molecule has 1 saturated heterocycles. The fourth-order valence-electron chi connectivity index (χ4n) is 4.04. The molecule has 0 aromatic carbocycles. The van der Waals surface area contributed by atoms with Crippen molar-refractivity contribution in [3.8, 4) is 0 Å². The first-order valence-corrected chi connectivity index (χ1v) is 11.8. The number of ether oxygens (including phenoxy) is 1. The highest BCUT2D eigenvalue weighted by Crippen LogP contribution is 2.38. The molecule has 0 radical (unpaired) electrons. The molecular weight excluding hydrogens is 400 g/mol. The van der Waals surface area contributed by atoms with Crippen LogP contribution in [0, 0.1) is 18.8 Å². The lowest BCUT2D eigenvalue weighted by molar-refractivity contribution is 0.119. The largest absolute Gasteiger partial charge is 0.379 e. The van der Waals surface area contributed by atoms with Crippen molar-refractivity contribution >= 4 is 33.2 Å². The lowest BCUT2D eigenvalue weighted by Crippen LogP contribution is -2.46. The molecule has 2 heterocycles. The molecule has 0 amide bonds. The highest BCUT2D eigenvalue weighted by Gasteiger charge is 2.37. The SMILES string of the molecule is Cc1cc(N2CCCOC[C@H]2C2C(Cl)=CC(CS(C)(=O)=O)=CC2C)nc(N)n1. The van der Waals surface area contributed by atoms with Crippen molar-refractivity contribution in [2.75, 3.05) is 42.4 Å². The third-order valence-electron chi connectivity index (χ3n) is 5.06. The quantitative estimate of drug-likeness (QED) is 0.788. The molecule has 1 aromatic rings. The van der Waals surface area contributed by atoms with E-state index in [1.807, 2.05) is 19.1 Å². The first kappa shape index (κ1) is 21.1. The molecular formula is C19H27ClN4O3S. The predicted molar refractivity (Wildman–Crippen MR) is 112 cm³/mol. The molecule has 1 aromatic heterocycles. The third-order valence-corrected chi connectivity index (χ3v) is 6.28. The number of aromatic nitrogens is 2. The van der Waals surface area contributed by atoms with Gasteiger partial charge in [-0.3, -0.25) is 0 Å². The van der Waals surface area contributed by atoms with E-state index in [1.165, 1.54) is 6.26 Å². The second kappa shape index (κ2) is 8.39. The maximum Gasteiger partial charge on any atom is 0.222 e. The molecule has 3 rings (SSSR count). The summed E-state index contributed by atoms with van der Waals surface area (Å²) in [5, 5.41) is 0.646. The van der Waals surface area contributed by atoms with Crippen molar-refractivity contribution in [3.63, 3.8) is 0 Å². The second-order valence-corrected chi connectivity index (χ2v) is 10.2. The molecule has 9 heteroatoms. The van der Waals surface area contributed by atoms with Crippen LogP contribution in [-0.2, 0) is 14.6 Å². The zero-order chi connectivity index (χ0) is 20.5. The van der Waals surface area contributed by atoms with Crippen molar-refractivity contribution < 1.29 is 13.2 Å². The van der Waals surface area contributed by atoms with Crippen LogP contribution in [0.25, 0.3) is 0 Å². The first-order chi connectivity index (χ1) is 13.1. The van der Waals surface area contributed by atoms with Crippen LogP contribution < -0.4 is 10.6 Å². The topological polar surface area (TPSA) is 98.4 Å². The van der Waals surface area contributed by atoms with E-state index in [1.54, 1.807) is 6.08 Å². The van der Waals surface area contributed by atoms with Crippen molar-refractivity contribution in [2.24, 2.45) is 11.8 Å². The van der Waals surface area contributed by atoms with Gasteiger partial charge >= 0.3 is 0 Å². The molecule has 1 aliphatic heterocycles. The minimum atomic E-state index is -3.12. The van der Waals surface area contributed by atoms with Gasteiger partial charge in [0.25, 0.3) is 0 Å². The van der Waals surface area contributed by atoms with E-state index in [9.17, 15) is 8.42 Å². The number of anilines is 2. The Balaban J connectivity index is 1.93. The van der Waals surface area contributed by atoms with Crippen LogP contribution in [0.4, 0.5) is 11.8 Å². The summed E-state index contributed by atoms with van der Waals surface area (Å²) in [7, 11) is -3.12. The van der Waals surface area contributed by atoms with Crippen molar-refractivity contribution in [2.45, 2.75) is 26.3 Å². The van der Waals surface area contributed by atoms with Gasteiger partial charge in [0.1, 0.15) is 5.82 Å². The van der Waals surface area contributed by atoms with Crippen molar-refractivity contribution in [3.05, 3.63) is 34.5 Å². The van der Waals surface area contributed by atoms with Gasteiger partial charge in [0, 0.05) is 42.1 Å². The van der Waals surface area contributed by atoms with Crippen molar-refractivity contribution in [1.82, 2.24) is 9.97 Å². The van der Waals surface area contributed by atoms with Crippen LogP contribution in [0.2, 0.25) is 0 Å². The van der Waals surface area contributed by atoms with Crippen LogP contribution in [0.15, 0.2) is 28.8 Å².